The Morgan fingerprint density at radius 2 is 0.812 bits per heavy atom. The third kappa shape index (κ3) is 18.1. The quantitative estimate of drug-likeness (QED) is 0.0768. The van der Waals surface area contributed by atoms with E-state index < -0.39 is 5.09 Å². The fourth-order valence-corrected chi connectivity index (χ4v) is 3.63. The zero-order chi connectivity index (χ0) is 24.6. The Kier molecular flexibility index (Phi) is 24.6. The van der Waals surface area contributed by atoms with E-state index in [2.05, 4.69) is 55.9 Å². The molecule has 0 fully saturated rings. The van der Waals surface area contributed by atoms with Crippen molar-refractivity contribution < 1.29 is 9.66 Å². The van der Waals surface area contributed by atoms with Crippen molar-refractivity contribution in [3.05, 3.63) is 15.3 Å². The molecule has 192 valence electrons. The molecule has 7 nitrogen and oxygen atoms in total. The molecule has 0 saturated heterocycles. The topological polar surface area (TPSA) is 75.7 Å². The maximum absolute atomic E-state index is 8.25. The summed E-state index contributed by atoms with van der Waals surface area (Å²) in [6.07, 6.45) is 15.5. The fourth-order valence-electron chi connectivity index (χ4n) is 3.63. The summed E-state index contributed by atoms with van der Waals surface area (Å²) in [4.78, 5) is 13.8. The molecule has 0 N–H and O–H groups in total. The predicted octanol–water partition coefficient (Wildman–Crippen LogP) is 6.52. The average Bonchev–Trinajstić information content (AvgIpc) is 2.77. The molecule has 0 amide bonds. The zero-order valence-corrected chi connectivity index (χ0v) is 22.2. The first-order valence-electron chi connectivity index (χ1n) is 13.4. The van der Waals surface area contributed by atoms with Crippen LogP contribution in [-0.4, -0.2) is 64.7 Å². The minimum atomic E-state index is -1.75. The highest BCUT2D eigenvalue weighted by molar-refractivity contribution is 5.75. The van der Waals surface area contributed by atoms with Crippen LogP contribution >= 0.6 is 0 Å². The van der Waals surface area contributed by atoms with Gasteiger partial charge >= 0.3 is 5.96 Å². The molecule has 0 spiro atoms. The van der Waals surface area contributed by atoms with Crippen molar-refractivity contribution in [2.45, 2.75) is 119 Å². The van der Waals surface area contributed by atoms with Gasteiger partial charge in [0.05, 0.1) is 44.4 Å². The van der Waals surface area contributed by atoms with E-state index in [4.69, 9.17) is 15.3 Å². The van der Waals surface area contributed by atoms with Gasteiger partial charge in [-0.3, -0.25) is 14.4 Å². The van der Waals surface area contributed by atoms with Crippen LogP contribution in [0.15, 0.2) is 0 Å². The van der Waals surface area contributed by atoms with Crippen LogP contribution in [0.4, 0.5) is 0 Å². The zero-order valence-electron chi connectivity index (χ0n) is 22.2. The minimum absolute atomic E-state index is 1.22. The van der Waals surface area contributed by atoms with Gasteiger partial charge in [0.2, 0.25) is 0 Å². The van der Waals surface area contributed by atoms with Gasteiger partial charge in [0.15, 0.2) is 0 Å². The van der Waals surface area contributed by atoms with Crippen molar-refractivity contribution in [3.8, 4) is 0 Å². The number of rotatable bonds is 18. The van der Waals surface area contributed by atoms with Crippen molar-refractivity contribution in [2.24, 2.45) is 0 Å². The predicted molar refractivity (Wildman–Crippen MR) is 138 cm³/mol. The molecule has 0 radical (unpaired) electrons. The lowest BCUT2D eigenvalue weighted by Crippen LogP contribution is -2.51. The maximum atomic E-state index is 8.25. The maximum Gasteiger partial charge on any atom is 0.350 e. The Morgan fingerprint density at radius 3 is 1.03 bits per heavy atom. The van der Waals surface area contributed by atoms with E-state index in [0.29, 0.717) is 0 Å². The van der Waals surface area contributed by atoms with Crippen LogP contribution in [0, 0.1) is 15.3 Å². The van der Waals surface area contributed by atoms with Crippen LogP contribution in [0.3, 0.4) is 0 Å². The van der Waals surface area contributed by atoms with Crippen LogP contribution in [0.5, 0.6) is 0 Å². The van der Waals surface area contributed by atoms with Crippen LogP contribution in [0.1, 0.15) is 119 Å². The van der Waals surface area contributed by atoms with E-state index >= 15 is 0 Å². The van der Waals surface area contributed by atoms with Crippen molar-refractivity contribution in [2.75, 3.05) is 39.3 Å². The second kappa shape index (κ2) is 24.1. The molecule has 0 aromatic rings. The number of nitrogens with zero attached hydrogens (tertiary/aromatic N) is 4. The number of hydrogen-bond acceptors (Lipinski definition) is 3. The smallest absolute Gasteiger partial charge is 0.350 e. The lowest BCUT2D eigenvalue weighted by atomic mass is 10.2. The molecule has 32 heavy (non-hydrogen) atoms. The van der Waals surface area contributed by atoms with Gasteiger partial charge in [-0.15, -0.1) is 0 Å². The van der Waals surface area contributed by atoms with Crippen molar-refractivity contribution >= 4 is 5.96 Å². The summed E-state index contributed by atoms with van der Waals surface area (Å²) in [5.41, 5.74) is 0. The lowest BCUT2D eigenvalue weighted by molar-refractivity contribution is -0.539. The molecule has 0 aromatic heterocycles. The first-order valence-corrected chi connectivity index (χ1v) is 13.4. The largest absolute Gasteiger partial charge is 0.356 e. The fraction of sp³-hybridized carbons (Fsp3) is 0.960. The van der Waals surface area contributed by atoms with E-state index in [9.17, 15) is 0 Å². The number of unbranched alkanes of at least 4 members (excludes halogenated alkanes) is 6. The molecular weight excluding hydrogens is 404 g/mol. The summed E-state index contributed by atoms with van der Waals surface area (Å²) < 4.78 is 2.77. The standard InChI is InChI=1S/C25H54N3.NO3/c1-7-13-19-26(20-14-8-2)25(27(21-15-9-3)22-16-10-4)28(23-17-11-5)24-18-12-6;2-1(3)4/h7-24H2,1-6H3;/q+1;-1. The summed E-state index contributed by atoms with van der Waals surface area (Å²) in [5.74, 6) is 1.57. The molecule has 0 aliphatic rings. The number of guanidine groups is 1. The SMILES string of the molecule is CCCCN(CCCC)C(N(CCCC)CCCC)=[N+](CCCC)CCCC.O=[N+]([O-])[O-]. The summed E-state index contributed by atoms with van der Waals surface area (Å²) in [7, 11) is 0. The summed E-state index contributed by atoms with van der Waals surface area (Å²) in [6.45, 7) is 21.3. The summed E-state index contributed by atoms with van der Waals surface area (Å²) in [6, 6.07) is 0. The van der Waals surface area contributed by atoms with Gasteiger partial charge in [0.1, 0.15) is 0 Å². The first kappa shape index (κ1) is 32.6. The van der Waals surface area contributed by atoms with Gasteiger partial charge in [-0.1, -0.05) is 80.1 Å². The van der Waals surface area contributed by atoms with Crippen LogP contribution < -0.4 is 0 Å². The molecule has 0 heterocycles. The Balaban J connectivity index is 0. The average molecular weight is 459 g/mol. The first-order chi connectivity index (χ1) is 15.4. The van der Waals surface area contributed by atoms with Crippen molar-refractivity contribution in [1.29, 1.82) is 0 Å². The Bertz CT molecular complexity index is 406. The van der Waals surface area contributed by atoms with Gasteiger partial charge in [0.25, 0.3) is 0 Å². The number of hydrogen-bond donors (Lipinski definition) is 0. The molecule has 0 aliphatic heterocycles. The Hall–Kier alpha value is -1.53. The molecule has 0 saturated carbocycles. The van der Waals surface area contributed by atoms with Crippen LogP contribution in [0.2, 0.25) is 0 Å². The summed E-state index contributed by atoms with van der Waals surface area (Å²) in [5, 5.41) is 14.8. The van der Waals surface area contributed by atoms with E-state index in [0.717, 1.165) is 0 Å². The third-order valence-electron chi connectivity index (χ3n) is 5.54. The molecule has 0 atom stereocenters. The van der Waals surface area contributed by atoms with Gasteiger partial charge in [-0.05, 0) is 38.5 Å². The van der Waals surface area contributed by atoms with Gasteiger partial charge in [-0.2, -0.15) is 0 Å². The highest BCUT2D eigenvalue weighted by Crippen LogP contribution is 2.10. The van der Waals surface area contributed by atoms with E-state index in [1.165, 1.54) is 116 Å². The van der Waals surface area contributed by atoms with Crippen LogP contribution in [0.25, 0.3) is 0 Å². The normalized spacial score (nSPS) is 10.3. The highest BCUT2D eigenvalue weighted by atomic mass is 16.9. The Morgan fingerprint density at radius 1 is 0.562 bits per heavy atom. The summed E-state index contributed by atoms with van der Waals surface area (Å²) >= 11 is 0. The minimum Gasteiger partial charge on any atom is -0.356 e. The van der Waals surface area contributed by atoms with Gasteiger partial charge < -0.3 is 15.3 Å². The molecule has 0 rings (SSSR count). The van der Waals surface area contributed by atoms with Crippen molar-refractivity contribution in [1.82, 2.24) is 9.80 Å². The van der Waals surface area contributed by atoms with E-state index in [1.54, 1.807) is 5.96 Å². The molecule has 7 heteroatoms. The molecule has 0 aliphatic carbocycles. The van der Waals surface area contributed by atoms with Gasteiger partial charge in [-0.25, -0.2) is 0 Å². The van der Waals surface area contributed by atoms with Crippen LogP contribution in [-0.2, 0) is 0 Å². The monoisotopic (exact) mass is 458 g/mol. The highest BCUT2D eigenvalue weighted by Gasteiger charge is 2.28. The lowest BCUT2D eigenvalue weighted by Gasteiger charge is -2.31. The molecular formula is C25H54N4O3. The molecule has 0 bridgehead atoms. The molecule has 0 aromatic carbocycles. The van der Waals surface area contributed by atoms with E-state index in [1.807, 2.05) is 0 Å². The molecule has 0 unspecified atom stereocenters. The van der Waals surface area contributed by atoms with E-state index in [-0.39, 0.29) is 0 Å². The second-order valence-corrected chi connectivity index (χ2v) is 8.61. The second-order valence-electron chi connectivity index (χ2n) is 8.61. The third-order valence-corrected chi connectivity index (χ3v) is 5.54. The van der Waals surface area contributed by atoms with Gasteiger partial charge in [0, 0.05) is 0 Å². The Labute approximate surface area is 199 Å². The van der Waals surface area contributed by atoms with Crippen molar-refractivity contribution in [3.63, 3.8) is 0 Å².